The number of unbranched alkanes of at least 4 members (excludes halogenated alkanes) is 6. The molecule has 1 unspecified atom stereocenters. The van der Waals surface area contributed by atoms with Gasteiger partial charge in [0.1, 0.15) is 0 Å². The van der Waals surface area contributed by atoms with E-state index in [2.05, 4.69) is 11.8 Å². The predicted molar refractivity (Wildman–Crippen MR) is 74.8 cm³/mol. The molecular weight excluding hydrogens is 226 g/mol. The fourth-order valence-corrected chi connectivity index (χ4v) is 2.89. The highest BCUT2D eigenvalue weighted by Crippen LogP contribution is 2.20. The standard InChI is InChI=1S/C15H29NO2/c1-2-3-4-5-6-7-8-11-16-12-9-10-14(16)13-15(17)18/h14H,2-13H2,1H3,(H,17,18). The van der Waals surface area contributed by atoms with E-state index < -0.39 is 5.97 Å². The summed E-state index contributed by atoms with van der Waals surface area (Å²) in [6.45, 7) is 4.45. The SMILES string of the molecule is CCCCCCCCCN1CCCC1CC(=O)O. The van der Waals surface area contributed by atoms with E-state index >= 15 is 0 Å². The Bertz CT molecular complexity index is 231. The van der Waals surface area contributed by atoms with Crippen molar-refractivity contribution >= 4 is 5.97 Å². The van der Waals surface area contributed by atoms with Crippen molar-refractivity contribution in [3.63, 3.8) is 0 Å². The maximum absolute atomic E-state index is 10.8. The first-order valence-electron chi connectivity index (χ1n) is 7.70. The molecule has 1 saturated heterocycles. The molecule has 1 rings (SSSR count). The highest BCUT2D eigenvalue weighted by molar-refractivity contribution is 5.67. The Labute approximate surface area is 112 Å². The summed E-state index contributed by atoms with van der Waals surface area (Å²) in [5.41, 5.74) is 0. The first-order chi connectivity index (χ1) is 8.74. The van der Waals surface area contributed by atoms with Crippen LogP contribution >= 0.6 is 0 Å². The predicted octanol–water partition coefficient (Wildman–Crippen LogP) is 3.68. The molecule has 1 fully saturated rings. The second-order valence-electron chi connectivity index (χ2n) is 5.55. The summed E-state index contributed by atoms with van der Waals surface area (Å²) >= 11 is 0. The summed E-state index contributed by atoms with van der Waals surface area (Å²) in [5.74, 6) is -0.647. The first-order valence-corrected chi connectivity index (χ1v) is 7.70. The van der Waals surface area contributed by atoms with E-state index in [0.717, 1.165) is 19.5 Å². The van der Waals surface area contributed by atoms with Crippen LogP contribution in [0.2, 0.25) is 0 Å². The third-order valence-corrected chi connectivity index (χ3v) is 3.96. The average molecular weight is 255 g/mol. The van der Waals surface area contributed by atoms with Crippen LogP contribution in [0, 0.1) is 0 Å². The maximum Gasteiger partial charge on any atom is 0.304 e. The number of likely N-dealkylation sites (tertiary alicyclic amines) is 1. The Hall–Kier alpha value is -0.570. The minimum Gasteiger partial charge on any atom is -0.481 e. The van der Waals surface area contributed by atoms with Gasteiger partial charge in [0.15, 0.2) is 0 Å². The van der Waals surface area contributed by atoms with Crippen molar-refractivity contribution in [2.75, 3.05) is 13.1 Å². The third-order valence-electron chi connectivity index (χ3n) is 3.96. The molecule has 0 aromatic rings. The highest BCUT2D eigenvalue weighted by atomic mass is 16.4. The van der Waals surface area contributed by atoms with Gasteiger partial charge in [-0.05, 0) is 32.4 Å². The molecule has 0 radical (unpaired) electrons. The summed E-state index contributed by atoms with van der Waals surface area (Å²) in [6, 6.07) is 0.308. The Morgan fingerprint density at radius 3 is 2.50 bits per heavy atom. The maximum atomic E-state index is 10.8. The van der Waals surface area contributed by atoms with Crippen molar-refractivity contribution < 1.29 is 9.90 Å². The molecule has 0 aliphatic carbocycles. The Morgan fingerprint density at radius 2 is 1.83 bits per heavy atom. The van der Waals surface area contributed by atoms with E-state index in [0.29, 0.717) is 12.5 Å². The van der Waals surface area contributed by atoms with Crippen molar-refractivity contribution in [1.29, 1.82) is 0 Å². The fraction of sp³-hybridized carbons (Fsp3) is 0.933. The molecule has 0 aromatic heterocycles. The van der Waals surface area contributed by atoms with Gasteiger partial charge in [-0.1, -0.05) is 45.4 Å². The molecule has 1 heterocycles. The first kappa shape index (κ1) is 15.5. The van der Waals surface area contributed by atoms with Crippen molar-refractivity contribution in [2.24, 2.45) is 0 Å². The molecule has 106 valence electrons. The Balaban J connectivity index is 2.02. The summed E-state index contributed by atoms with van der Waals surface area (Å²) in [5, 5.41) is 8.86. The number of nitrogens with zero attached hydrogens (tertiary/aromatic N) is 1. The smallest absolute Gasteiger partial charge is 0.304 e. The van der Waals surface area contributed by atoms with Crippen molar-refractivity contribution in [2.45, 2.75) is 77.2 Å². The van der Waals surface area contributed by atoms with Gasteiger partial charge in [0.05, 0.1) is 6.42 Å². The van der Waals surface area contributed by atoms with Crippen molar-refractivity contribution in [3.8, 4) is 0 Å². The van der Waals surface area contributed by atoms with E-state index in [4.69, 9.17) is 5.11 Å². The van der Waals surface area contributed by atoms with Crippen molar-refractivity contribution in [3.05, 3.63) is 0 Å². The molecule has 0 spiro atoms. The average Bonchev–Trinajstić information content (AvgIpc) is 2.75. The van der Waals surface area contributed by atoms with Crippen LogP contribution in [-0.4, -0.2) is 35.1 Å². The molecule has 3 heteroatoms. The second kappa shape index (κ2) is 9.37. The van der Waals surface area contributed by atoms with Crippen molar-refractivity contribution in [1.82, 2.24) is 4.90 Å². The van der Waals surface area contributed by atoms with Gasteiger partial charge < -0.3 is 5.11 Å². The van der Waals surface area contributed by atoms with Crippen LogP contribution in [0.4, 0.5) is 0 Å². The zero-order chi connectivity index (χ0) is 13.2. The van der Waals surface area contributed by atoms with Gasteiger partial charge in [-0.15, -0.1) is 0 Å². The van der Waals surface area contributed by atoms with E-state index in [1.54, 1.807) is 0 Å². The Morgan fingerprint density at radius 1 is 1.17 bits per heavy atom. The van der Waals surface area contributed by atoms with Crippen LogP contribution in [-0.2, 0) is 4.79 Å². The number of carboxylic acids is 1. The number of hydrogen-bond donors (Lipinski definition) is 1. The number of carbonyl (C=O) groups is 1. The van der Waals surface area contributed by atoms with Crippen LogP contribution in [0.25, 0.3) is 0 Å². The highest BCUT2D eigenvalue weighted by Gasteiger charge is 2.25. The van der Waals surface area contributed by atoms with Gasteiger partial charge in [0, 0.05) is 6.04 Å². The molecule has 1 atom stereocenters. The van der Waals surface area contributed by atoms with Gasteiger partial charge in [0.25, 0.3) is 0 Å². The number of rotatable bonds is 10. The lowest BCUT2D eigenvalue weighted by Gasteiger charge is -2.22. The molecular formula is C15H29NO2. The molecule has 1 aliphatic heterocycles. The lowest BCUT2D eigenvalue weighted by Crippen LogP contribution is -2.32. The van der Waals surface area contributed by atoms with Crippen LogP contribution < -0.4 is 0 Å². The van der Waals surface area contributed by atoms with E-state index in [1.165, 1.54) is 51.4 Å². The van der Waals surface area contributed by atoms with Crippen LogP contribution in [0.5, 0.6) is 0 Å². The minimum absolute atomic E-state index is 0.308. The fourth-order valence-electron chi connectivity index (χ4n) is 2.89. The molecule has 1 N–H and O–H groups in total. The van der Waals surface area contributed by atoms with Gasteiger partial charge in [0.2, 0.25) is 0 Å². The van der Waals surface area contributed by atoms with Gasteiger partial charge in [-0.3, -0.25) is 9.69 Å². The summed E-state index contributed by atoms with van der Waals surface area (Å²) < 4.78 is 0. The van der Waals surface area contributed by atoms with Crippen LogP contribution in [0.1, 0.15) is 71.1 Å². The zero-order valence-corrected chi connectivity index (χ0v) is 11.9. The molecule has 0 aromatic carbocycles. The number of carboxylic acid groups (broad SMARTS) is 1. The monoisotopic (exact) mass is 255 g/mol. The van der Waals surface area contributed by atoms with Crippen LogP contribution in [0.15, 0.2) is 0 Å². The lowest BCUT2D eigenvalue weighted by atomic mass is 10.1. The summed E-state index contributed by atoms with van der Waals surface area (Å²) in [7, 11) is 0. The molecule has 3 nitrogen and oxygen atoms in total. The zero-order valence-electron chi connectivity index (χ0n) is 11.9. The number of hydrogen-bond acceptors (Lipinski definition) is 2. The van der Waals surface area contributed by atoms with Gasteiger partial charge in [-0.2, -0.15) is 0 Å². The van der Waals surface area contributed by atoms with E-state index in [1.807, 2.05) is 0 Å². The molecule has 0 amide bonds. The Kier molecular flexibility index (Phi) is 8.06. The second-order valence-corrected chi connectivity index (χ2v) is 5.55. The topological polar surface area (TPSA) is 40.5 Å². The molecule has 18 heavy (non-hydrogen) atoms. The normalized spacial score (nSPS) is 20.4. The summed E-state index contributed by atoms with van der Waals surface area (Å²) in [6.07, 6.45) is 11.9. The van der Waals surface area contributed by atoms with E-state index in [-0.39, 0.29) is 0 Å². The third kappa shape index (κ3) is 6.39. The molecule has 0 bridgehead atoms. The lowest BCUT2D eigenvalue weighted by molar-refractivity contribution is -0.138. The largest absolute Gasteiger partial charge is 0.481 e. The van der Waals surface area contributed by atoms with E-state index in [9.17, 15) is 4.79 Å². The quantitative estimate of drug-likeness (QED) is 0.605. The molecule has 1 aliphatic rings. The van der Waals surface area contributed by atoms with Gasteiger partial charge >= 0.3 is 5.97 Å². The molecule has 0 saturated carbocycles. The van der Waals surface area contributed by atoms with Crippen LogP contribution in [0.3, 0.4) is 0 Å². The minimum atomic E-state index is -0.647. The van der Waals surface area contributed by atoms with Gasteiger partial charge in [-0.25, -0.2) is 0 Å². The summed E-state index contributed by atoms with van der Waals surface area (Å²) in [4.78, 5) is 13.1. The number of aliphatic carboxylic acids is 1.